The standard InChI is InChI=1S/C21H25N5O3/c1-4-25(12-16-5-7-18-19(11-16)29-10-9-28-18)20(27)8-6-17-14(2)24-21-22-13-23-26(21)15(17)3/h5,7,11,13H,4,6,8-10,12H2,1-3H3. The van der Waals surface area contributed by atoms with E-state index in [9.17, 15) is 4.79 Å². The van der Waals surface area contributed by atoms with Crippen molar-refractivity contribution in [1.29, 1.82) is 0 Å². The zero-order chi connectivity index (χ0) is 20.4. The highest BCUT2D eigenvalue weighted by Crippen LogP contribution is 2.31. The molecule has 2 aromatic heterocycles. The molecule has 0 unspecified atom stereocenters. The third-order valence-corrected chi connectivity index (χ3v) is 5.29. The minimum Gasteiger partial charge on any atom is -0.486 e. The number of fused-ring (bicyclic) bond motifs is 2. The number of aryl methyl sites for hydroxylation is 2. The van der Waals surface area contributed by atoms with E-state index in [2.05, 4.69) is 15.1 Å². The molecule has 29 heavy (non-hydrogen) atoms. The summed E-state index contributed by atoms with van der Waals surface area (Å²) in [5.41, 5.74) is 3.95. The highest BCUT2D eigenvalue weighted by atomic mass is 16.6. The van der Waals surface area contributed by atoms with Crippen LogP contribution < -0.4 is 9.47 Å². The lowest BCUT2D eigenvalue weighted by Crippen LogP contribution is -2.30. The van der Waals surface area contributed by atoms with Crippen molar-refractivity contribution in [2.45, 2.75) is 40.2 Å². The molecule has 1 aliphatic heterocycles. The Labute approximate surface area is 169 Å². The lowest BCUT2D eigenvalue weighted by atomic mass is 10.1. The first kappa shape index (κ1) is 19.2. The summed E-state index contributed by atoms with van der Waals surface area (Å²) < 4.78 is 12.9. The fourth-order valence-electron chi connectivity index (χ4n) is 3.69. The molecule has 0 aliphatic carbocycles. The van der Waals surface area contributed by atoms with Gasteiger partial charge in [0.2, 0.25) is 5.91 Å². The molecule has 0 spiro atoms. The van der Waals surface area contributed by atoms with Crippen LogP contribution in [0.5, 0.6) is 11.5 Å². The molecule has 8 nitrogen and oxygen atoms in total. The van der Waals surface area contributed by atoms with E-state index in [1.807, 2.05) is 43.9 Å². The van der Waals surface area contributed by atoms with Crippen molar-refractivity contribution in [2.24, 2.45) is 0 Å². The fraction of sp³-hybridized carbons (Fsp3) is 0.429. The molecule has 0 atom stereocenters. The topological polar surface area (TPSA) is 81.9 Å². The summed E-state index contributed by atoms with van der Waals surface area (Å²) in [7, 11) is 0. The molecule has 3 aromatic rings. The van der Waals surface area contributed by atoms with Crippen LogP contribution in [0.2, 0.25) is 0 Å². The number of aromatic nitrogens is 4. The third kappa shape index (κ3) is 3.87. The summed E-state index contributed by atoms with van der Waals surface area (Å²) >= 11 is 0. The van der Waals surface area contributed by atoms with Crippen LogP contribution in [0, 0.1) is 13.8 Å². The maximum Gasteiger partial charge on any atom is 0.252 e. The van der Waals surface area contributed by atoms with Crippen molar-refractivity contribution in [2.75, 3.05) is 19.8 Å². The molecule has 152 valence electrons. The number of hydrogen-bond donors (Lipinski definition) is 0. The van der Waals surface area contributed by atoms with E-state index in [-0.39, 0.29) is 5.91 Å². The van der Waals surface area contributed by atoms with Crippen molar-refractivity contribution in [3.8, 4) is 11.5 Å². The van der Waals surface area contributed by atoms with Gasteiger partial charge in [-0.1, -0.05) is 6.07 Å². The van der Waals surface area contributed by atoms with Gasteiger partial charge >= 0.3 is 0 Å². The molecule has 0 radical (unpaired) electrons. The number of ether oxygens (including phenoxy) is 2. The zero-order valence-corrected chi connectivity index (χ0v) is 17.0. The Morgan fingerprint density at radius 2 is 2.00 bits per heavy atom. The molecule has 0 N–H and O–H groups in total. The van der Waals surface area contributed by atoms with Gasteiger partial charge in [0.25, 0.3) is 5.78 Å². The Hall–Kier alpha value is -3.16. The van der Waals surface area contributed by atoms with Crippen molar-refractivity contribution in [3.05, 3.63) is 47.0 Å². The smallest absolute Gasteiger partial charge is 0.252 e. The van der Waals surface area contributed by atoms with E-state index in [1.54, 1.807) is 4.52 Å². The van der Waals surface area contributed by atoms with E-state index in [4.69, 9.17) is 9.47 Å². The summed E-state index contributed by atoms with van der Waals surface area (Å²) in [5, 5.41) is 4.22. The van der Waals surface area contributed by atoms with Gasteiger partial charge < -0.3 is 14.4 Å². The second-order valence-electron chi connectivity index (χ2n) is 7.12. The average molecular weight is 395 g/mol. The Kier molecular flexibility index (Phi) is 5.33. The number of carbonyl (C=O) groups excluding carboxylic acids is 1. The van der Waals surface area contributed by atoms with Gasteiger partial charge in [-0.3, -0.25) is 4.79 Å². The minimum atomic E-state index is 0.111. The molecule has 0 fully saturated rings. The molecule has 3 heterocycles. The van der Waals surface area contributed by atoms with Crippen LogP contribution in [0.25, 0.3) is 5.78 Å². The van der Waals surface area contributed by atoms with Crippen molar-refractivity contribution in [3.63, 3.8) is 0 Å². The largest absolute Gasteiger partial charge is 0.486 e. The van der Waals surface area contributed by atoms with Crippen LogP contribution in [0.3, 0.4) is 0 Å². The monoisotopic (exact) mass is 395 g/mol. The number of amides is 1. The molecule has 0 saturated heterocycles. The number of nitrogens with zero attached hydrogens (tertiary/aromatic N) is 5. The number of rotatable bonds is 6. The van der Waals surface area contributed by atoms with Gasteiger partial charge in [0.1, 0.15) is 19.5 Å². The third-order valence-electron chi connectivity index (χ3n) is 5.29. The van der Waals surface area contributed by atoms with Crippen LogP contribution in [0.1, 0.15) is 35.9 Å². The summed E-state index contributed by atoms with van der Waals surface area (Å²) in [5.74, 6) is 2.20. The molecule has 8 heteroatoms. The lowest BCUT2D eigenvalue weighted by molar-refractivity contribution is -0.131. The molecular formula is C21H25N5O3. The predicted octanol–water partition coefficient (Wildman–Crippen LogP) is 2.49. The first-order valence-electron chi connectivity index (χ1n) is 9.89. The Balaban J connectivity index is 1.44. The minimum absolute atomic E-state index is 0.111. The van der Waals surface area contributed by atoms with Crippen LogP contribution in [0.15, 0.2) is 24.5 Å². The average Bonchev–Trinajstić information content (AvgIpc) is 3.20. The summed E-state index contributed by atoms with van der Waals surface area (Å²) in [4.78, 5) is 23.4. The van der Waals surface area contributed by atoms with E-state index < -0.39 is 0 Å². The second kappa shape index (κ2) is 8.06. The van der Waals surface area contributed by atoms with E-state index in [1.165, 1.54) is 6.33 Å². The normalized spacial score (nSPS) is 12.9. The summed E-state index contributed by atoms with van der Waals surface area (Å²) in [6.45, 7) is 8.25. The highest BCUT2D eigenvalue weighted by molar-refractivity contribution is 5.76. The van der Waals surface area contributed by atoms with Gasteiger partial charge in [-0.15, -0.1) is 0 Å². The van der Waals surface area contributed by atoms with Gasteiger partial charge in [0.05, 0.1) is 0 Å². The summed E-state index contributed by atoms with van der Waals surface area (Å²) in [6.07, 6.45) is 2.54. The van der Waals surface area contributed by atoms with Crippen molar-refractivity contribution in [1.82, 2.24) is 24.5 Å². The maximum atomic E-state index is 12.9. The fourth-order valence-corrected chi connectivity index (χ4v) is 3.69. The molecule has 1 aliphatic rings. The van der Waals surface area contributed by atoms with E-state index in [0.29, 0.717) is 44.9 Å². The number of hydrogen-bond acceptors (Lipinski definition) is 6. The summed E-state index contributed by atoms with van der Waals surface area (Å²) in [6, 6.07) is 5.86. The van der Waals surface area contributed by atoms with Crippen molar-refractivity contribution >= 4 is 11.7 Å². The van der Waals surface area contributed by atoms with Gasteiger partial charge in [-0.2, -0.15) is 10.1 Å². The predicted molar refractivity (Wildman–Crippen MR) is 107 cm³/mol. The molecular weight excluding hydrogens is 370 g/mol. The Bertz CT molecular complexity index is 1050. The highest BCUT2D eigenvalue weighted by Gasteiger charge is 2.18. The van der Waals surface area contributed by atoms with Gasteiger partial charge in [0, 0.05) is 30.9 Å². The first-order valence-corrected chi connectivity index (χ1v) is 9.89. The van der Waals surface area contributed by atoms with E-state index >= 15 is 0 Å². The van der Waals surface area contributed by atoms with E-state index in [0.717, 1.165) is 34.0 Å². The van der Waals surface area contributed by atoms with Crippen LogP contribution >= 0.6 is 0 Å². The SMILES string of the molecule is CCN(Cc1ccc2c(c1)OCCO2)C(=O)CCc1c(C)nc2ncnn2c1C. The number of benzene rings is 1. The number of carbonyl (C=O) groups is 1. The lowest BCUT2D eigenvalue weighted by Gasteiger charge is -2.23. The van der Waals surface area contributed by atoms with Gasteiger partial charge in [-0.05, 0) is 50.5 Å². The quantitative estimate of drug-likeness (QED) is 0.638. The van der Waals surface area contributed by atoms with Gasteiger partial charge in [0.15, 0.2) is 11.5 Å². The first-order chi connectivity index (χ1) is 14.1. The second-order valence-corrected chi connectivity index (χ2v) is 7.12. The van der Waals surface area contributed by atoms with Crippen LogP contribution in [0.4, 0.5) is 0 Å². The van der Waals surface area contributed by atoms with Crippen LogP contribution in [-0.4, -0.2) is 50.1 Å². The molecule has 1 aromatic carbocycles. The Morgan fingerprint density at radius 1 is 1.21 bits per heavy atom. The maximum absolute atomic E-state index is 12.9. The molecule has 0 saturated carbocycles. The van der Waals surface area contributed by atoms with Crippen LogP contribution in [-0.2, 0) is 17.8 Å². The zero-order valence-electron chi connectivity index (χ0n) is 17.0. The van der Waals surface area contributed by atoms with Crippen molar-refractivity contribution < 1.29 is 14.3 Å². The molecule has 4 rings (SSSR count). The van der Waals surface area contributed by atoms with Gasteiger partial charge in [-0.25, -0.2) is 9.50 Å². The Morgan fingerprint density at radius 3 is 2.79 bits per heavy atom. The molecule has 1 amide bonds. The molecule has 0 bridgehead atoms.